The van der Waals surface area contributed by atoms with Gasteiger partial charge in [-0.15, -0.1) is 0 Å². The van der Waals surface area contributed by atoms with Gasteiger partial charge in [-0.1, -0.05) is 0 Å². The number of pyridine rings is 1. The maximum Gasteiger partial charge on any atom is 0.0592 e. The Morgan fingerprint density at radius 1 is 1.64 bits per heavy atom. The van der Waals surface area contributed by atoms with Gasteiger partial charge in [0.15, 0.2) is 0 Å². The number of aliphatic hydroxyl groups excluding tert-OH is 1. The molecule has 0 fully saturated rings. The fraction of sp³-hybridized carbons (Fsp3) is 0.500. The number of aliphatic hydroxyl groups is 1. The molecule has 0 aliphatic heterocycles. The van der Waals surface area contributed by atoms with Crippen molar-refractivity contribution in [2.75, 3.05) is 18.5 Å². The minimum atomic E-state index is -0.252. The van der Waals surface area contributed by atoms with Crippen LogP contribution < -0.4 is 4.90 Å². The van der Waals surface area contributed by atoms with Gasteiger partial charge in [0, 0.05) is 26.0 Å². The molecule has 0 aliphatic carbocycles. The zero-order valence-electron chi connectivity index (χ0n) is 8.44. The van der Waals surface area contributed by atoms with E-state index >= 15 is 0 Å². The van der Waals surface area contributed by atoms with Crippen LogP contribution >= 0.6 is 15.9 Å². The van der Waals surface area contributed by atoms with E-state index in [4.69, 9.17) is 5.11 Å². The smallest absolute Gasteiger partial charge is 0.0592 e. The van der Waals surface area contributed by atoms with Gasteiger partial charge in [-0.25, -0.2) is 0 Å². The van der Waals surface area contributed by atoms with Crippen LogP contribution in [0.3, 0.4) is 0 Å². The zero-order chi connectivity index (χ0) is 10.6. The van der Waals surface area contributed by atoms with E-state index < -0.39 is 0 Å². The molecule has 0 bridgehead atoms. The van der Waals surface area contributed by atoms with Gasteiger partial charge >= 0.3 is 0 Å². The molecule has 0 saturated carbocycles. The summed E-state index contributed by atoms with van der Waals surface area (Å²) in [5.41, 5.74) is 1.10. The van der Waals surface area contributed by atoms with Gasteiger partial charge in [0.05, 0.1) is 16.3 Å². The van der Waals surface area contributed by atoms with Crippen molar-refractivity contribution in [1.29, 1.82) is 0 Å². The normalized spacial score (nSPS) is 12.6. The van der Waals surface area contributed by atoms with E-state index in [0.717, 1.165) is 23.1 Å². The lowest BCUT2D eigenvalue weighted by atomic mass is 10.2. The SMILES string of the molecule is CC(O)CCN(C)c1ccncc1Br. The summed E-state index contributed by atoms with van der Waals surface area (Å²) in [6.45, 7) is 2.63. The molecule has 1 atom stereocenters. The van der Waals surface area contributed by atoms with Crippen molar-refractivity contribution in [2.45, 2.75) is 19.4 Å². The Morgan fingerprint density at radius 2 is 2.36 bits per heavy atom. The van der Waals surface area contributed by atoms with E-state index in [9.17, 15) is 0 Å². The Morgan fingerprint density at radius 3 is 2.93 bits per heavy atom. The molecule has 4 heteroatoms. The summed E-state index contributed by atoms with van der Waals surface area (Å²) in [4.78, 5) is 6.10. The monoisotopic (exact) mass is 258 g/mol. The number of aromatic nitrogens is 1. The highest BCUT2D eigenvalue weighted by Gasteiger charge is 2.05. The van der Waals surface area contributed by atoms with Gasteiger partial charge in [-0.3, -0.25) is 4.98 Å². The average molecular weight is 259 g/mol. The van der Waals surface area contributed by atoms with Crippen LogP contribution in [0, 0.1) is 0 Å². The molecule has 0 amide bonds. The number of anilines is 1. The van der Waals surface area contributed by atoms with Crippen LogP contribution in [0.2, 0.25) is 0 Å². The van der Waals surface area contributed by atoms with Crippen molar-refractivity contribution in [3.63, 3.8) is 0 Å². The van der Waals surface area contributed by atoms with Crippen LogP contribution in [0.4, 0.5) is 5.69 Å². The average Bonchev–Trinajstić information content (AvgIpc) is 2.15. The van der Waals surface area contributed by atoms with Crippen molar-refractivity contribution in [3.05, 3.63) is 22.9 Å². The summed E-state index contributed by atoms with van der Waals surface area (Å²) in [5, 5.41) is 9.17. The van der Waals surface area contributed by atoms with Gasteiger partial charge in [0.25, 0.3) is 0 Å². The Bertz CT molecular complexity index is 291. The fourth-order valence-electron chi connectivity index (χ4n) is 1.18. The molecule has 0 aliphatic rings. The summed E-state index contributed by atoms with van der Waals surface area (Å²) in [7, 11) is 2.00. The van der Waals surface area contributed by atoms with E-state index in [1.807, 2.05) is 13.1 Å². The summed E-state index contributed by atoms with van der Waals surface area (Å²) in [6.07, 6.45) is 4.05. The van der Waals surface area contributed by atoms with Crippen molar-refractivity contribution in [2.24, 2.45) is 0 Å². The minimum absolute atomic E-state index is 0.252. The first kappa shape index (κ1) is 11.5. The van der Waals surface area contributed by atoms with Gasteiger partial charge < -0.3 is 10.0 Å². The van der Waals surface area contributed by atoms with Crippen LogP contribution in [0.15, 0.2) is 22.9 Å². The topological polar surface area (TPSA) is 36.4 Å². The van der Waals surface area contributed by atoms with E-state index in [1.54, 1.807) is 19.3 Å². The van der Waals surface area contributed by atoms with Gasteiger partial charge in [-0.2, -0.15) is 0 Å². The third-order valence-corrected chi connectivity index (χ3v) is 2.66. The highest BCUT2D eigenvalue weighted by Crippen LogP contribution is 2.23. The highest BCUT2D eigenvalue weighted by atomic mass is 79.9. The molecule has 14 heavy (non-hydrogen) atoms. The number of rotatable bonds is 4. The van der Waals surface area contributed by atoms with E-state index in [2.05, 4.69) is 25.8 Å². The molecule has 1 unspecified atom stereocenters. The zero-order valence-corrected chi connectivity index (χ0v) is 10.0. The predicted octanol–water partition coefficient (Wildman–Crippen LogP) is 2.05. The minimum Gasteiger partial charge on any atom is -0.393 e. The molecule has 1 N–H and O–H groups in total. The number of halogens is 1. The molecule has 1 rings (SSSR count). The maximum atomic E-state index is 9.17. The van der Waals surface area contributed by atoms with Crippen molar-refractivity contribution < 1.29 is 5.11 Å². The lowest BCUT2D eigenvalue weighted by molar-refractivity contribution is 0.187. The van der Waals surface area contributed by atoms with Crippen LogP contribution in [0.5, 0.6) is 0 Å². The summed E-state index contributed by atoms with van der Waals surface area (Å²) < 4.78 is 0.980. The molecule has 0 saturated heterocycles. The van der Waals surface area contributed by atoms with Gasteiger partial charge in [0.1, 0.15) is 0 Å². The summed E-state index contributed by atoms with van der Waals surface area (Å²) >= 11 is 3.44. The number of hydrogen-bond donors (Lipinski definition) is 1. The second-order valence-corrected chi connectivity index (χ2v) is 4.24. The van der Waals surface area contributed by atoms with E-state index in [-0.39, 0.29) is 6.10 Å². The lowest BCUT2D eigenvalue weighted by Crippen LogP contribution is -2.22. The third kappa shape index (κ3) is 3.27. The molecule has 78 valence electrons. The number of hydrogen-bond acceptors (Lipinski definition) is 3. The van der Waals surface area contributed by atoms with Crippen molar-refractivity contribution in [1.82, 2.24) is 4.98 Å². The van der Waals surface area contributed by atoms with Crippen molar-refractivity contribution >= 4 is 21.6 Å². The van der Waals surface area contributed by atoms with Crippen LogP contribution in [-0.4, -0.2) is 29.8 Å². The third-order valence-electron chi connectivity index (χ3n) is 2.04. The molecule has 1 aromatic heterocycles. The first-order valence-electron chi connectivity index (χ1n) is 4.60. The Hall–Kier alpha value is -0.610. The van der Waals surface area contributed by atoms with Crippen LogP contribution in [0.25, 0.3) is 0 Å². The molecule has 1 aromatic rings. The van der Waals surface area contributed by atoms with Crippen molar-refractivity contribution in [3.8, 4) is 0 Å². The molecule has 0 aromatic carbocycles. The molecule has 1 heterocycles. The molecular weight excluding hydrogens is 244 g/mol. The fourth-order valence-corrected chi connectivity index (χ4v) is 1.73. The molecule has 0 spiro atoms. The summed E-state index contributed by atoms with van der Waals surface area (Å²) in [5.74, 6) is 0. The predicted molar refractivity (Wildman–Crippen MR) is 61.5 cm³/mol. The lowest BCUT2D eigenvalue weighted by Gasteiger charge is -2.20. The van der Waals surface area contributed by atoms with Crippen LogP contribution in [-0.2, 0) is 0 Å². The second-order valence-electron chi connectivity index (χ2n) is 3.39. The molecular formula is C10H15BrN2O. The second kappa shape index (κ2) is 5.32. The first-order valence-corrected chi connectivity index (χ1v) is 5.39. The Balaban J connectivity index is 2.60. The first-order chi connectivity index (χ1) is 6.61. The van der Waals surface area contributed by atoms with Gasteiger partial charge in [-0.05, 0) is 35.3 Å². The summed E-state index contributed by atoms with van der Waals surface area (Å²) in [6, 6.07) is 1.95. The van der Waals surface area contributed by atoms with E-state index in [0.29, 0.717) is 0 Å². The van der Waals surface area contributed by atoms with Gasteiger partial charge in [0.2, 0.25) is 0 Å². The quantitative estimate of drug-likeness (QED) is 0.899. The maximum absolute atomic E-state index is 9.17. The standard InChI is InChI=1S/C10H15BrN2O/c1-8(14)4-6-13(2)10-3-5-12-7-9(10)11/h3,5,7-8,14H,4,6H2,1-2H3. The largest absolute Gasteiger partial charge is 0.393 e. The Labute approximate surface area is 92.9 Å². The highest BCUT2D eigenvalue weighted by molar-refractivity contribution is 9.10. The molecule has 3 nitrogen and oxygen atoms in total. The van der Waals surface area contributed by atoms with Crippen LogP contribution in [0.1, 0.15) is 13.3 Å². The Kier molecular flexibility index (Phi) is 4.35. The number of nitrogens with zero attached hydrogens (tertiary/aromatic N) is 2. The molecule has 0 radical (unpaired) electrons. The van der Waals surface area contributed by atoms with E-state index in [1.165, 1.54) is 0 Å².